The Morgan fingerprint density at radius 2 is 2.00 bits per heavy atom. The van der Waals surface area contributed by atoms with E-state index in [1.165, 1.54) is 0 Å². The molecule has 0 bridgehead atoms. The predicted molar refractivity (Wildman–Crippen MR) is 68.2 cm³/mol. The second kappa shape index (κ2) is 12.3. The lowest BCUT2D eigenvalue weighted by Gasteiger charge is -2.05. The van der Waals surface area contributed by atoms with E-state index in [1.807, 2.05) is 0 Å². The summed E-state index contributed by atoms with van der Waals surface area (Å²) < 4.78 is 19.9. The Kier molecular flexibility index (Phi) is 11.5. The minimum atomic E-state index is -0.379. The first-order valence-corrected chi connectivity index (χ1v) is 5.81. The van der Waals surface area contributed by atoms with Gasteiger partial charge in [-0.2, -0.15) is 0 Å². The van der Waals surface area contributed by atoms with E-state index in [1.54, 1.807) is 26.2 Å². The van der Waals surface area contributed by atoms with Crippen molar-refractivity contribution < 1.29 is 23.7 Å². The lowest BCUT2D eigenvalue weighted by Crippen LogP contribution is -2.10. The molecule has 0 aliphatic heterocycles. The van der Waals surface area contributed by atoms with Gasteiger partial charge in [0.2, 0.25) is 0 Å². The van der Waals surface area contributed by atoms with Gasteiger partial charge >= 0.3 is 5.97 Å². The molecule has 5 heteroatoms. The van der Waals surface area contributed by atoms with Crippen LogP contribution >= 0.6 is 0 Å². The lowest BCUT2D eigenvalue weighted by atomic mass is 10.2. The zero-order chi connectivity index (χ0) is 13.6. The van der Waals surface area contributed by atoms with Crippen LogP contribution in [0.3, 0.4) is 0 Å². The van der Waals surface area contributed by atoms with Crippen LogP contribution in [0.1, 0.15) is 13.3 Å². The summed E-state index contributed by atoms with van der Waals surface area (Å²) >= 11 is 0. The van der Waals surface area contributed by atoms with Crippen LogP contribution in [0.25, 0.3) is 0 Å². The summed E-state index contributed by atoms with van der Waals surface area (Å²) in [6.45, 7) is 7.18. The van der Waals surface area contributed by atoms with Crippen molar-refractivity contribution in [1.29, 1.82) is 0 Å². The van der Waals surface area contributed by atoms with Gasteiger partial charge in [-0.05, 0) is 13.3 Å². The molecule has 0 atom stereocenters. The Morgan fingerprint density at radius 3 is 2.67 bits per heavy atom. The molecular weight excluding hydrogens is 236 g/mol. The zero-order valence-corrected chi connectivity index (χ0v) is 11.1. The molecule has 5 nitrogen and oxygen atoms in total. The molecule has 0 aromatic heterocycles. The highest BCUT2D eigenvalue weighted by Crippen LogP contribution is 1.99. The maximum absolute atomic E-state index is 11.4. The highest BCUT2D eigenvalue weighted by molar-refractivity contribution is 5.87. The Hall–Kier alpha value is -1.17. The van der Waals surface area contributed by atoms with E-state index in [9.17, 15) is 4.79 Å². The molecule has 0 aliphatic rings. The van der Waals surface area contributed by atoms with Crippen molar-refractivity contribution in [2.45, 2.75) is 13.3 Å². The van der Waals surface area contributed by atoms with Gasteiger partial charge in [-0.25, -0.2) is 4.79 Å². The monoisotopic (exact) mass is 258 g/mol. The highest BCUT2D eigenvalue weighted by Gasteiger charge is 2.04. The largest absolute Gasteiger partial charge is 0.435 e. The van der Waals surface area contributed by atoms with Crippen molar-refractivity contribution in [3.8, 4) is 0 Å². The van der Waals surface area contributed by atoms with Crippen LogP contribution in [-0.4, -0.2) is 46.3 Å². The van der Waals surface area contributed by atoms with Crippen LogP contribution in [-0.2, 0) is 23.7 Å². The number of ether oxygens (including phenoxy) is 4. The topological polar surface area (TPSA) is 54.0 Å². The third kappa shape index (κ3) is 10.0. The molecular formula is C13H22O5. The van der Waals surface area contributed by atoms with Gasteiger partial charge in [0, 0.05) is 12.7 Å². The fourth-order valence-electron chi connectivity index (χ4n) is 1.03. The Morgan fingerprint density at radius 1 is 1.22 bits per heavy atom. The molecule has 0 amide bonds. The summed E-state index contributed by atoms with van der Waals surface area (Å²) in [6, 6.07) is 0. The van der Waals surface area contributed by atoms with E-state index < -0.39 is 0 Å². The van der Waals surface area contributed by atoms with Crippen molar-refractivity contribution >= 4 is 5.97 Å². The van der Waals surface area contributed by atoms with Gasteiger partial charge in [0.15, 0.2) is 6.79 Å². The molecule has 104 valence electrons. The fourth-order valence-corrected chi connectivity index (χ4v) is 1.03. The number of hydrogen-bond donors (Lipinski definition) is 0. The smallest absolute Gasteiger partial charge is 0.335 e. The molecule has 0 heterocycles. The summed E-state index contributed by atoms with van der Waals surface area (Å²) in [7, 11) is 1.62. The second-order valence-electron chi connectivity index (χ2n) is 3.49. The number of carbonyl (C=O) groups is 1. The normalized spacial score (nSPS) is 11.3. The molecule has 0 saturated carbocycles. The summed E-state index contributed by atoms with van der Waals surface area (Å²) in [4.78, 5) is 11.4. The lowest BCUT2D eigenvalue weighted by molar-refractivity contribution is -0.150. The average molecular weight is 258 g/mol. The second-order valence-corrected chi connectivity index (χ2v) is 3.49. The first kappa shape index (κ1) is 16.8. The van der Waals surface area contributed by atoms with E-state index >= 15 is 0 Å². The number of esters is 1. The summed E-state index contributed by atoms with van der Waals surface area (Å²) in [5.41, 5.74) is 0.549. The quantitative estimate of drug-likeness (QED) is 0.185. The molecule has 0 unspecified atom stereocenters. The van der Waals surface area contributed by atoms with Crippen LogP contribution in [0.2, 0.25) is 0 Å². The summed E-state index contributed by atoms with van der Waals surface area (Å²) in [5, 5.41) is 0. The summed E-state index contributed by atoms with van der Waals surface area (Å²) in [5.74, 6) is -0.379. The van der Waals surface area contributed by atoms with E-state index in [0.29, 0.717) is 38.4 Å². The van der Waals surface area contributed by atoms with Gasteiger partial charge in [-0.15, -0.1) is 6.58 Å². The van der Waals surface area contributed by atoms with Gasteiger partial charge in [0.05, 0.1) is 26.4 Å². The first-order chi connectivity index (χ1) is 8.72. The standard InChI is InChI=1S/C13H22O5/c1-4-7-17-11-18-13(14)12(2)6-5-8-16-10-9-15-3/h4,6H,1,5,7-11H2,2-3H3. The molecule has 0 fully saturated rings. The number of hydrogen-bond acceptors (Lipinski definition) is 5. The zero-order valence-electron chi connectivity index (χ0n) is 11.1. The molecule has 0 aromatic rings. The van der Waals surface area contributed by atoms with E-state index in [2.05, 4.69) is 6.58 Å². The minimum Gasteiger partial charge on any atom is -0.435 e. The van der Waals surface area contributed by atoms with Gasteiger partial charge < -0.3 is 18.9 Å². The molecule has 0 aromatic carbocycles. The van der Waals surface area contributed by atoms with Crippen molar-refractivity contribution in [1.82, 2.24) is 0 Å². The number of methoxy groups -OCH3 is 1. The van der Waals surface area contributed by atoms with Gasteiger partial charge in [0.25, 0.3) is 0 Å². The van der Waals surface area contributed by atoms with E-state index in [4.69, 9.17) is 18.9 Å². The first-order valence-electron chi connectivity index (χ1n) is 5.81. The van der Waals surface area contributed by atoms with Gasteiger partial charge in [-0.1, -0.05) is 12.2 Å². The van der Waals surface area contributed by atoms with Crippen LogP contribution < -0.4 is 0 Å². The number of rotatable bonds is 11. The average Bonchev–Trinajstić information content (AvgIpc) is 2.38. The van der Waals surface area contributed by atoms with Crippen molar-refractivity contribution in [2.75, 3.05) is 40.3 Å². The predicted octanol–water partition coefficient (Wildman–Crippen LogP) is 1.69. The Balaban J connectivity index is 3.60. The Bertz CT molecular complexity index is 260. The molecule has 0 radical (unpaired) electrons. The van der Waals surface area contributed by atoms with Gasteiger partial charge in [-0.3, -0.25) is 0 Å². The highest BCUT2D eigenvalue weighted by atomic mass is 16.7. The fraction of sp³-hybridized carbons (Fsp3) is 0.615. The third-order valence-corrected chi connectivity index (χ3v) is 1.98. The van der Waals surface area contributed by atoms with E-state index in [0.717, 1.165) is 0 Å². The maximum Gasteiger partial charge on any atom is 0.335 e. The minimum absolute atomic E-state index is 0.0552. The SMILES string of the molecule is C=CCOCOC(=O)C(C)=CCCOCCOC. The van der Waals surface area contributed by atoms with Crippen LogP contribution in [0.4, 0.5) is 0 Å². The van der Waals surface area contributed by atoms with E-state index in [-0.39, 0.29) is 12.8 Å². The molecule has 0 N–H and O–H groups in total. The van der Waals surface area contributed by atoms with Crippen LogP contribution in [0.5, 0.6) is 0 Å². The third-order valence-electron chi connectivity index (χ3n) is 1.98. The molecule has 0 spiro atoms. The maximum atomic E-state index is 11.4. The molecule has 0 rings (SSSR count). The summed E-state index contributed by atoms with van der Waals surface area (Å²) in [6.07, 6.45) is 4.04. The van der Waals surface area contributed by atoms with Crippen molar-refractivity contribution in [2.24, 2.45) is 0 Å². The van der Waals surface area contributed by atoms with Gasteiger partial charge in [0.1, 0.15) is 0 Å². The van der Waals surface area contributed by atoms with Crippen LogP contribution in [0, 0.1) is 0 Å². The van der Waals surface area contributed by atoms with Crippen molar-refractivity contribution in [3.05, 3.63) is 24.3 Å². The number of carbonyl (C=O) groups excluding carboxylic acids is 1. The Labute approximate surface area is 108 Å². The molecule has 0 aliphatic carbocycles. The molecule has 18 heavy (non-hydrogen) atoms. The molecule has 0 saturated heterocycles. The van der Waals surface area contributed by atoms with Crippen LogP contribution in [0.15, 0.2) is 24.3 Å². The van der Waals surface area contributed by atoms with Crippen molar-refractivity contribution in [3.63, 3.8) is 0 Å².